The van der Waals surface area contributed by atoms with Gasteiger partial charge in [-0.15, -0.1) is 4.91 Å². The summed E-state index contributed by atoms with van der Waals surface area (Å²) in [5, 5.41) is 20.3. The maximum atomic E-state index is 10.8. The number of fused-ring (bicyclic) bond motifs is 1. The minimum Gasteiger partial charge on any atom is -0.312 e. The monoisotopic (exact) mass is 308 g/mol. The topological polar surface area (TPSA) is 114 Å². The Morgan fingerprint density at radius 1 is 1.43 bits per heavy atom. The fourth-order valence-corrected chi connectivity index (χ4v) is 2.87. The summed E-state index contributed by atoms with van der Waals surface area (Å²) in [5.41, 5.74) is 1.65. The van der Waals surface area contributed by atoms with E-state index in [0.717, 1.165) is 15.6 Å². The second-order valence-electron chi connectivity index (χ2n) is 5.54. The molecule has 9 nitrogen and oxygen atoms in total. The minimum atomic E-state index is -0.296. The molecule has 0 atom stereocenters. The van der Waals surface area contributed by atoms with Gasteiger partial charge in [0.25, 0.3) is 0 Å². The second kappa shape index (κ2) is 4.96. The highest BCUT2D eigenvalue weighted by atomic mass is 16.3. The zero-order valence-corrected chi connectivity index (χ0v) is 12.0. The van der Waals surface area contributed by atoms with E-state index in [1.165, 1.54) is 6.33 Å². The van der Waals surface area contributed by atoms with E-state index in [0.29, 0.717) is 30.9 Å². The highest BCUT2D eigenvalue weighted by Gasteiger charge is 2.39. The third-order valence-corrected chi connectivity index (χ3v) is 4.21. The summed E-state index contributed by atoms with van der Waals surface area (Å²) in [5.74, 6) is 0. The molecule has 0 spiro atoms. The highest BCUT2D eigenvalue weighted by molar-refractivity contribution is 5.90. The average molecular weight is 308 g/mol. The largest absolute Gasteiger partial charge is 0.312 e. The number of rotatable bonds is 4. The summed E-state index contributed by atoms with van der Waals surface area (Å²) in [6.07, 6.45) is 6.93. The number of nitroso groups, excluding NO2 is 1. The van der Waals surface area contributed by atoms with Crippen molar-refractivity contribution in [3.63, 3.8) is 0 Å². The predicted octanol–water partition coefficient (Wildman–Crippen LogP) is 1.04. The lowest BCUT2D eigenvalue weighted by Gasteiger charge is -2.41. The van der Waals surface area contributed by atoms with E-state index < -0.39 is 0 Å². The molecule has 4 heterocycles. The van der Waals surface area contributed by atoms with Crippen molar-refractivity contribution in [1.82, 2.24) is 29.7 Å². The fraction of sp³-hybridized carbons (Fsp3) is 0.286. The number of nitriles is 1. The average Bonchev–Trinajstić information content (AvgIpc) is 3.17. The van der Waals surface area contributed by atoms with Gasteiger partial charge in [0.2, 0.25) is 0 Å². The summed E-state index contributed by atoms with van der Waals surface area (Å²) in [7, 11) is 0. The third kappa shape index (κ3) is 1.92. The van der Waals surface area contributed by atoms with Crippen molar-refractivity contribution in [2.75, 3.05) is 13.1 Å². The van der Waals surface area contributed by atoms with Gasteiger partial charge in [-0.3, -0.25) is 4.68 Å². The van der Waals surface area contributed by atoms with Crippen molar-refractivity contribution in [2.24, 2.45) is 5.29 Å². The first-order valence-corrected chi connectivity index (χ1v) is 7.06. The molecule has 0 bridgehead atoms. The van der Waals surface area contributed by atoms with Crippen LogP contribution < -0.4 is 5.32 Å². The zero-order chi connectivity index (χ0) is 15.9. The van der Waals surface area contributed by atoms with Gasteiger partial charge in [0.15, 0.2) is 5.65 Å². The normalized spacial score (nSPS) is 16.0. The Hall–Kier alpha value is -3.12. The van der Waals surface area contributed by atoms with Crippen LogP contribution in [0.15, 0.2) is 36.3 Å². The first kappa shape index (κ1) is 13.5. The van der Waals surface area contributed by atoms with Crippen LogP contribution in [0.4, 0.5) is 0 Å². The van der Waals surface area contributed by atoms with Crippen molar-refractivity contribution < 1.29 is 0 Å². The molecule has 0 amide bonds. The molecule has 3 aromatic heterocycles. The molecule has 0 radical (unpaired) electrons. The lowest BCUT2D eigenvalue weighted by Crippen LogP contribution is -2.60. The van der Waals surface area contributed by atoms with E-state index in [2.05, 4.69) is 31.7 Å². The lowest BCUT2D eigenvalue weighted by molar-refractivity contribution is 0.160. The van der Waals surface area contributed by atoms with E-state index >= 15 is 0 Å². The summed E-state index contributed by atoms with van der Waals surface area (Å²) in [6.45, 7) is 1.43. The molecule has 1 fully saturated rings. The van der Waals surface area contributed by atoms with Crippen molar-refractivity contribution in [3.05, 3.63) is 35.9 Å². The number of aromatic nitrogens is 5. The molecule has 9 heteroatoms. The maximum Gasteiger partial charge on any atom is 0.167 e. The molecule has 0 aliphatic carbocycles. The first-order valence-electron chi connectivity index (χ1n) is 7.06. The molecule has 0 unspecified atom stereocenters. The van der Waals surface area contributed by atoms with Crippen molar-refractivity contribution in [1.29, 1.82) is 5.26 Å². The summed E-state index contributed by atoms with van der Waals surface area (Å²) < 4.78 is 2.99. The molecular formula is C14H12N8O. The Bertz CT molecular complexity index is 930. The van der Waals surface area contributed by atoms with Gasteiger partial charge in [-0.25, -0.2) is 9.97 Å². The van der Waals surface area contributed by atoms with E-state index in [-0.39, 0.29) is 5.54 Å². The van der Waals surface area contributed by atoms with Crippen LogP contribution in [0.3, 0.4) is 0 Å². The molecule has 114 valence electrons. The Morgan fingerprint density at radius 3 is 3.00 bits per heavy atom. The van der Waals surface area contributed by atoms with Crippen LogP contribution in [0.2, 0.25) is 0 Å². The molecule has 1 aliphatic rings. The summed E-state index contributed by atoms with van der Waals surface area (Å²) in [6, 6.07) is 3.97. The van der Waals surface area contributed by atoms with E-state index in [1.54, 1.807) is 18.5 Å². The van der Waals surface area contributed by atoms with Gasteiger partial charge in [-0.1, -0.05) is 0 Å². The van der Waals surface area contributed by atoms with Crippen LogP contribution in [0.25, 0.3) is 22.3 Å². The van der Waals surface area contributed by atoms with Gasteiger partial charge in [-0.2, -0.15) is 15.0 Å². The molecule has 4 rings (SSSR count). The number of hydrogen-bond acceptors (Lipinski definition) is 7. The Labute approximate surface area is 130 Å². The lowest BCUT2D eigenvalue weighted by atomic mass is 9.89. The molecule has 1 saturated heterocycles. The minimum absolute atomic E-state index is 0.296. The van der Waals surface area contributed by atoms with Gasteiger partial charge < -0.3 is 5.32 Å². The molecule has 1 N–H and O–H groups in total. The SMILES string of the molecule is N#CCC1(n2cc(-c3ncnc4c3ccn4N=O)cn2)CNC1. The van der Waals surface area contributed by atoms with Crippen LogP contribution in [0.1, 0.15) is 6.42 Å². The van der Waals surface area contributed by atoms with Crippen LogP contribution in [-0.2, 0) is 5.54 Å². The maximum absolute atomic E-state index is 10.8. The zero-order valence-electron chi connectivity index (χ0n) is 12.0. The Morgan fingerprint density at radius 2 is 2.30 bits per heavy atom. The summed E-state index contributed by atoms with van der Waals surface area (Å²) >= 11 is 0. The molecular weight excluding hydrogens is 296 g/mol. The quantitative estimate of drug-likeness (QED) is 0.720. The molecule has 0 saturated carbocycles. The Kier molecular flexibility index (Phi) is 2.92. The van der Waals surface area contributed by atoms with Gasteiger partial charge in [0.1, 0.15) is 11.9 Å². The van der Waals surface area contributed by atoms with Crippen LogP contribution in [0.5, 0.6) is 0 Å². The smallest absolute Gasteiger partial charge is 0.167 e. The van der Waals surface area contributed by atoms with Crippen LogP contribution in [-0.4, -0.2) is 37.5 Å². The second-order valence-corrected chi connectivity index (χ2v) is 5.54. The Balaban J connectivity index is 1.79. The molecule has 23 heavy (non-hydrogen) atoms. The number of nitrogens with zero attached hydrogens (tertiary/aromatic N) is 7. The van der Waals surface area contributed by atoms with Gasteiger partial charge in [0, 0.05) is 36.4 Å². The predicted molar refractivity (Wildman–Crippen MR) is 81.0 cm³/mol. The third-order valence-electron chi connectivity index (χ3n) is 4.21. The van der Waals surface area contributed by atoms with Crippen LogP contribution >= 0.6 is 0 Å². The highest BCUT2D eigenvalue weighted by Crippen LogP contribution is 2.30. The summed E-state index contributed by atoms with van der Waals surface area (Å²) in [4.78, 5) is 19.2. The van der Waals surface area contributed by atoms with Gasteiger partial charge >= 0.3 is 0 Å². The van der Waals surface area contributed by atoms with E-state index in [1.807, 2.05) is 10.9 Å². The standard InChI is InChI=1S/C14H12N8O/c15-3-2-14(7-16-8-14)22-6-10(5-19-22)12-11-1-4-21(20-23)13(11)18-9-17-12/h1,4-6,9,16H,2,7-8H2. The number of hydrogen-bond donors (Lipinski definition) is 1. The molecule has 1 aliphatic heterocycles. The van der Waals surface area contributed by atoms with Crippen LogP contribution in [0, 0.1) is 16.2 Å². The first-order chi connectivity index (χ1) is 11.3. The van der Waals surface area contributed by atoms with Crippen molar-refractivity contribution in [3.8, 4) is 17.3 Å². The van der Waals surface area contributed by atoms with E-state index in [4.69, 9.17) is 5.26 Å². The fourth-order valence-electron chi connectivity index (χ4n) is 2.87. The van der Waals surface area contributed by atoms with Gasteiger partial charge in [0.05, 0.1) is 29.7 Å². The van der Waals surface area contributed by atoms with Gasteiger partial charge in [-0.05, 0) is 6.07 Å². The van der Waals surface area contributed by atoms with Crippen molar-refractivity contribution >= 4 is 11.0 Å². The van der Waals surface area contributed by atoms with Crippen molar-refractivity contribution in [2.45, 2.75) is 12.0 Å². The molecule has 0 aromatic carbocycles. The van der Waals surface area contributed by atoms with E-state index in [9.17, 15) is 4.91 Å². The molecule has 3 aromatic rings. The number of nitrogens with one attached hydrogen (secondary N) is 1.